The van der Waals surface area contributed by atoms with E-state index in [0.717, 1.165) is 19.3 Å². The monoisotopic (exact) mass is 256 g/mol. The molecule has 0 aromatic rings. The fourth-order valence-corrected chi connectivity index (χ4v) is 3.06. The number of carbonyl (C=O) groups is 1. The first-order valence-corrected chi connectivity index (χ1v) is 9.67. The summed E-state index contributed by atoms with van der Waals surface area (Å²) in [5.41, 5.74) is -0.215. The van der Waals surface area contributed by atoms with E-state index >= 15 is 0 Å². The Kier molecular flexibility index (Phi) is 4.25. The molecule has 0 amide bonds. The molecule has 2 nitrogen and oxygen atoms in total. The second kappa shape index (κ2) is 4.85. The largest absolute Gasteiger partial charge is 0.416 e. The van der Waals surface area contributed by atoms with Crippen LogP contribution in [0.15, 0.2) is 0 Å². The van der Waals surface area contributed by atoms with Crippen molar-refractivity contribution in [3.05, 3.63) is 0 Å². The highest BCUT2D eigenvalue weighted by atomic mass is 28.4. The second-order valence-corrected chi connectivity index (χ2v) is 12.0. The molecule has 0 aromatic heterocycles. The first kappa shape index (κ1) is 14.9. The van der Waals surface area contributed by atoms with Crippen molar-refractivity contribution in [1.82, 2.24) is 0 Å². The van der Waals surface area contributed by atoms with E-state index in [2.05, 4.69) is 40.8 Å². The Morgan fingerprint density at radius 3 is 2.35 bits per heavy atom. The number of rotatable bonds is 3. The highest BCUT2D eigenvalue weighted by Gasteiger charge is 2.41. The third-order valence-corrected chi connectivity index (χ3v) is 9.09. The van der Waals surface area contributed by atoms with Crippen molar-refractivity contribution in [1.29, 1.82) is 0 Å². The summed E-state index contributed by atoms with van der Waals surface area (Å²) >= 11 is 0. The van der Waals surface area contributed by atoms with E-state index in [9.17, 15) is 4.79 Å². The predicted molar refractivity (Wildman–Crippen MR) is 74.7 cm³/mol. The van der Waals surface area contributed by atoms with Crippen molar-refractivity contribution in [2.24, 2.45) is 5.41 Å². The van der Waals surface area contributed by atoms with Crippen LogP contribution in [0.25, 0.3) is 0 Å². The molecule has 1 unspecified atom stereocenters. The molecule has 1 fully saturated rings. The zero-order valence-corrected chi connectivity index (χ0v) is 13.4. The SMILES string of the molecule is CC1(CO[Si](C)(C)C(C)(C)C)CCCCC1=O. The minimum absolute atomic E-state index is 0.215. The van der Waals surface area contributed by atoms with Crippen molar-refractivity contribution < 1.29 is 9.22 Å². The zero-order chi connectivity index (χ0) is 13.3. The molecular weight excluding hydrogens is 228 g/mol. The molecule has 1 aliphatic rings. The molecule has 0 heterocycles. The van der Waals surface area contributed by atoms with Crippen LogP contribution in [0, 0.1) is 5.41 Å². The number of hydrogen-bond donors (Lipinski definition) is 0. The number of hydrogen-bond acceptors (Lipinski definition) is 2. The maximum Gasteiger partial charge on any atom is 0.192 e. The van der Waals surface area contributed by atoms with E-state index in [1.807, 2.05) is 0 Å². The van der Waals surface area contributed by atoms with Crippen LogP contribution in [-0.2, 0) is 9.22 Å². The molecule has 1 saturated carbocycles. The summed E-state index contributed by atoms with van der Waals surface area (Å²) in [5.74, 6) is 0.405. The highest BCUT2D eigenvalue weighted by molar-refractivity contribution is 6.74. The number of carbonyl (C=O) groups excluding carboxylic acids is 1. The first-order chi connectivity index (χ1) is 7.58. The average Bonchev–Trinajstić information content (AvgIpc) is 2.19. The van der Waals surface area contributed by atoms with Gasteiger partial charge in [0.1, 0.15) is 5.78 Å². The van der Waals surface area contributed by atoms with Gasteiger partial charge in [-0.1, -0.05) is 34.1 Å². The maximum absolute atomic E-state index is 12.0. The minimum atomic E-state index is -1.72. The summed E-state index contributed by atoms with van der Waals surface area (Å²) in [6.07, 6.45) is 3.98. The van der Waals surface area contributed by atoms with Crippen LogP contribution in [0.5, 0.6) is 0 Å². The fraction of sp³-hybridized carbons (Fsp3) is 0.929. The Morgan fingerprint density at radius 2 is 1.88 bits per heavy atom. The molecule has 0 radical (unpaired) electrons. The van der Waals surface area contributed by atoms with Gasteiger partial charge in [0.25, 0.3) is 0 Å². The summed E-state index contributed by atoms with van der Waals surface area (Å²) in [4.78, 5) is 12.0. The van der Waals surface area contributed by atoms with Gasteiger partial charge in [0.05, 0.1) is 0 Å². The van der Waals surface area contributed by atoms with Crippen molar-refractivity contribution in [3.8, 4) is 0 Å². The smallest absolute Gasteiger partial charge is 0.192 e. The van der Waals surface area contributed by atoms with E-state index in [4.69, 9.17) is 4.43 Å². The van der Waals surface area contributed by atoms with Gasteiger partial charge in [-0.05, 0) is 31.0 Å². The summed E-state index contributed by atoms with van der Waals surface area (Å²) in [5, 5.41) is 0.223. The lowest BCUT2D eigenvalue weighted by atomic mass is 9.75. The van der Waals surface area contributed by atoms with Gasteiger partial charge in [-0.25, -0.2) is 0 Å². The summed E-state index contributed by atoms with van der Waals surface area (Å²) < 4.78 is 6.22. The Bertz CT molecular complexity index is 291. The predicted octanol–water partition coefficient (Wildman–Crippen LogP) is 4.16. The van der Waals surface area contributed by atoms with Gasteiger partial charge in [0.15, 0.2) is 8.32 Å². The van der Waals surface area contributed by atoms with Crippen LogP contribution in [0.4, 0.5) is 0 Å². The van der Waals surface area contributed by atoms with E-state index < -0.39 is 8.32 Å². The minimum Gasteiger partial charge on any atom is -0.416 e. The van der Waals surface area contributed by atoms with Crippen LogP contribution in [0.2, 0.25) is 18.1 Å². The van der Waals surface area contributed by atoms with Gasteiger partial charge in [-0.3, -0.25) is 4.79 Å². The molecule has 17 heavy (non-hydrogen) atoms. The summed E-state index contributed by atoms with van der Waals surface area (Å²) in [6.45, 7) is 13.9. The third-order valence-electron chi connectivity index (χ3n) is 4.61. The van der Waals surface area contributed by atoms with E-state index in [-0.39, 0.29) is 10.5 Å². The van der Waals surface area contributed by atoms with E-state index in [0.29, 0.717) is 12.4 Å². The highest BCUT2D eigenvalue weighted by Crippen LogP contribution is 2.39. The molecule has 3 heteroatoms. The van der Waals surface area contributed by atoms with Crippen molar-refractivity contribution in [3.63, 3.8) is 0 Å². The number of Topliss-reactive ketones (excluding diaryl/α,β-unsaturated/α-hetero) is 1. The molecule has 1 rings (SSSR count). The third kappa shape index (κ3) is 3.41. The standard InChI is InChI=1S/C14H28O2Si/c1-13(2,3)17(5,6)16-11-14(4)10-8-7-9-12(14)15/h7-11H2,1-6H3. The lowest BCUT2D eigenvalue weighted by Gasteiger charge is -2.40. The van der Waals surface area contributed by atoms with Gasteiger partial charge in [0.2, 0.25) is 0 Å². The summed E-state index contributed by atoms with van der Waals surface area (Å²) in [6, 6.07) is 0. The molecule has 0 aliphatic heterocycles. The van der Waals surface area contributed by atoms with Crippen molar-refractivity contribution in [2.45, 2.75) is 71.5 Å². The quantitative estimate of drug-likeness (QED) is 0.709. The van der Waals surface area contributed by atoms with Crippen LogP contribution in [-0.4, -0.2) is 20.7 Å². The molecule has 0 spiro atoms. The first-order valence-electron chi connectivity index (χ1n) is 6.76. The normalized spacial score (nSPS) is 27.3. The van der Waals surface area contributed by atoms with Gasteiger partial charge in [-0.15, -0.1) is 0 Å². The van der Waals surface area contributed by atoms with E-state index in [1.54, 1.807) is 0 Å². The van der Waals surface area contributed by atoms with E-state index in [1.165, 1.54) is 6.42 Å². The second-order valence-electron chi connectivity index (χ2n) is 7.24. The zero-order valence-electron chi connectivity index (χ0n) is 12.4. The van der Waals surface area contributed by atoms with Crippen LogP contribution >= 0.6 is 0 Å². The van der Waals surface area contributed by atoms with Gasteiger partial charge >= 0.3 is 0 Å². The maximum atomic E-state index is 12.0. The molecule has 0 bridgehead atoms. The Labute approximate surface area is 107 Å². The van der Waals surface area contributed by atoms with Crippen LogP contribution in [0.1, 0.15) is 53.4 Å². The van der Waals surface area contributed by atoms with Gasteiger partial charge in [-0.2, -0.15) is 0 Å². The molecule has 100 valence electrons. The van der Waals surface area contributed by atoms with Gasteiger partial charge < -0.3 is 4.43 Å². The van der Waals surface area contributed by atoms with Crippen molar-refractivity contribution in [2.75, 3.05) is 6.61 Å². The van der Waals surface area contributed by atoms with Crippen molar-refractivity contribution >= 4 is 14.1 Å². The Morgan fingerprint density at radius 1 is 1.29 bits per heavy atom. The number of ketones is 1. The topological polar surface area (TPSA) is 26.3 Å². The van der Waals surface area contributed by atoms with Crippen LogP contribution < -0.4 is 0 Å². The molecule has 0 saturated heterocycles. The molecule has 0 N–H and O–H groups in total. The lowest BCUT2D eigenvalue weighted by Crippen LogP contribution is -2.46. The average molecular weight is 256 g/mol. The Hall–Kier alpha value is -0.153. The van der Waals surface area contributed by atoms with Gasteiger partial charge in [0, 0.05) is 18.4 Å². The molecule has 1 aliphatic carbocycles. The fourth-order valence-electron chi connectivity index (χ4n) is 1.95. The summed E-state index contributed by atoms with van der Waals surface area (Å²) in [7, 11) is -1.72. The lowest BCUT2D eigenvalue weighted by molar-refractivity contribution is -0.132. The molecule has 1 atom stereocenters. The molecule has 0 aromatic carbocycles. The molecular formula is C14H28O2Si. The van der Waals surface area contributed by atoms with Crippen LogP contribution in [0.3, 0.4) is 0 Å². The Balaban J connectivity index is 2.63.